The first-order valence-corrected chi connectivity index (χ1v) is 7.53. The van der Waals surface area contributed by atoms with E-state index in [0.717, 1.165) is 12.0 Å². The first-order valence-electron chi connectivity index (χ1n) is 7.15. The molecule has 0 saturated carbocycles. The molecule has 3 rings (SSSR count). The molecule has 1 unspecified atom stereocenters. The van der Waals surface area contributed by atoms with E-state index in [2.05, 4.69) is 9.97 Å². The first-order chi connectivity index (χ1) is 10.7. The summed E-state index contributed by atoms with van der Waals surface area (Å²) in [6.45, 7) is 1.29. The van der Waals surface area contributed by atoms with Crippen LogP contribution in [-0.4, -0.2) is 40.0 Å². The molecule has 2 heterocycles. The molecule has 0 aliphatic carbocycles. The maximum absolute atomic E-state index is 12.3. The van der Waals surface area contributed by atoms with E-state index in [-0.39, 0.29) is 12.0 Å². The van der Waals surface area contributed by atoms with Crippen molar-refractivity contribution in [3.8, 4) is 5.88 Å². The molecule has 0 bridgehead atoms. The SMILES string of the molecule is O=C(Cc1ccc(Cl)cc1)N1CCC(Oc2cnccn2)C1. The molecule has 5 nitrogen and oxygen atoms in total. The second-order valence-electron chi connectivity index (χ2n) is 5.22. The van der Waals surface area contributed by atoms with E-state index in [0.29, 0.717) is 30.4 Å². The van der Waals surface area contributed by atoms with Crippen LogP contribution in [0.2, 0.25) is 5.02 Å². The third-order valence-electron chi connectivity index (χ3n) is 3.59. The van der Waals surface area contributed by atoms with Gasteiger partial charge in [0.25, 0.3) is 0 Å². The molecule has 1 aliphatic rings. The van der Waals surface area contributed by atoms with Crippen molar-refractivity contribution in [3.63, 3.8) is 0 Å². The molecule has 0 spiro atoms. The fraction of sp³-hybridized carbons (Fsp3) is 0.312. The van der Waals surface area contributed by atoms with Crippen molar-refractivity contribution in [2.24, 2.45) is 0 Å². The smallest absolute Gasteiger partial charge is 0.232 e. The Hall–Kier alpha value is -2.14. The number of amides is 1. The van der Waals surface area contributed by atoms with E-state index in [1.807, 2.05) is 17.0 Å². The summed E-state index contributed by atoms with van der Waals surface area (Å²) in [5.74, 6) is 0.604. The lowest BCUT2D eigenvalue weighted by atomic mass is 10.1. The van der Waals surface area contributed by atoms with Crippen molar-refractivity contribution in [1.29, 1.82) is 0 Å². The van der Waals surface area contributed by atoms with Crippen molar-refractivity contribution in [1.82, 2.24) is 14.9 Å². The monoisotopic (exact) mass is 317 g/mol. The van der Waals surface area contributed by atoms with Gasteiger partial charge in [0.1, 0.15) is 6.10 Å². The highest BCUT2D eigenvalue weighted by Gasteiger charge is 2.27. The molecule has 22 heavy (non-hydrogen) atoms. The highest BCUT2D eigenvalue weighted by atomic mass is 35.5. The normalized spacial score (nSPS) is 17.5. The molecule has 1 aliphatic heterocycles. The molecular formula is C16H16ClN3O2. The summed E-state index contributed by atoms with van der Waals surface area (Å²) < 4.78 is 5.74. The fourth-order valence-electron chi connectivity index (χ4n) is 2.46. The number of carbonyl (C=O) groups is 1. The first kappa shape index (κ1) is 14.8. The zero-order chi connectivity index (χ0) is 15.4. The minimum absolute atomic E-state index is 0.0223. The lowest BCUT2D eigenvalue weighted by Crippen LogP contribution is -2.32. The van der Waals surface area contributed by atoms with Crippen molar-refractivity contribution in [2.45, 2.75) is 18.9 Å². The van der Waals surface area contributed by atoms with Crippen molar-refractivity contribution < 1.29 is 9.53 Å². The average molecular weight is 318 g/mol. The minimum atomic E-state index is -0.0223. The molecule has 1 atom stereocenters. The van der Waals surface area contributed by atoms with E-state index in [9.17, 15) is 4.79 Å². The van der Waals surface area contributed by atoms with Crippen molar-refractivity contribution in [2.75, 3.05) is 13.1 Å². The van der Waals surface area contributed by atoms with E-state index in [4.69, 9.17) is 16.3 Å². The zero-order valence-corrected chi connectivity index (χ0v) is 12.7. The van der Waals surface area contributed by atoms with Crippen LogP contribution in [0.15, 0.2) is 42.9 Å². The highest BCUT2D eigenvalue weighted by Crippen LogP contribution is 2.17. The molecule has 0 radical (unpaired) electrons. The second-order valence-corrected chi connectivity index (χ2v) is 5.65. The van der Waals surface area contributed by atoms with Gasteiger partial charge < -0.3 is 9.64 Å². The van der Waals surface area contributed by atoms with Gasteiger partial charge in [-0.3, -0.25) is 9.78 Å². The van der Waals surface area contributed by atoms with Crippen LogP contribution in [0.25, 0.3) is 0 Å². The Morgan fingerprint density at radius 1 is 1.32 bits per heavy atom. The standard InChI is InChI=1S/C16H16ClN3O2/c17-13-3-1-12(2-4-13)9-16(21)20-8-5-14(11-20)22-15-10-18-6-7-19-15/h1-4,6-7,10,14H,5,8-9,11H2. The third-order valence-corrected chi connectivity index (χ3v) is 3.85. The summed E-state index contributed by atoms with van der Waals surface area (Å²) in [4.78, 5) is 22.2. The van der Waals surface area contributed by atoms with Gasteiger partial charge in [0.05, 0.1) is 19.2 Å². The van der Waals surface area contributed by atoms with Gasteiger partial charge in [-0.25, -0.2) is 4.98 Å². The third kappa shape index (κ3) is 3.74. The molecule has 1 amide bonds. The molecule has 2 aromatic rings. The van der Waals surface area contributed by atoms with E-state index < -0.39 is 0 Å². The zero-order valence-electron chi connectivity index (χ0n) is 12.0. The molecule has 0 N–H and O–H groups in total. The predicted molar refractivity (Wildman–Crippen MR) is 82.8 cm³/mol. The predicted octanol–water partition coefficient (Wildman–Crippen LogP) is 2.35. The number of carbonyl (C=O) groups excluding carboxylic acids is 1. The number of rotatable bonds is 4. The summed E-state index contributed by atoms with van der Waals surface area (Å²) in [7, 11) is 0. The van der Waals surface area contributed by atoms with Gasteiger partial charge in [-0.15, -0.1) is 0 Å². The number of halogens is 1. The number of nitrogens with zero attached hydrogens (tertiary/aromatic N) is 3. The summed E-state index contributed by atoms with van der Waals surface area (Å²) in [5, 5.41) is 0.676. The number of hydrogen-bond acceptors (Lipinski definition) is 4. The van der Waals surface area contributed by atoms with Gasteiger partial charge in [0, 0.05) is 30.4 Å². The number of likely N-dealkylation sites (tertiary alicyclic amines) is 1. The molecule has 1 aromatic heterocycles. The van der Waals surface area contributed by atoms with Crippen LogP contribution in [0, 0.1) is 0 Å². The number of aromatic nitrogens is 2. The van der Waals surface area contributed by atoms with E-state index >= 15 is 0 Å². The second kappa shape index (κ2) is 6.75. The van der Waals surface area contributed by atoms with Gasteiger partial charge in [-0.2, -0.15) is 0 Å². The lowest BCUT2D eigenvalue weighted by Gasteiger charge is -2.17. The summed E-state index contributed by atoms with van der Waals surface area (Å²) in [6, 6.07) is 7.36. The number of benzene rings is 1. The average Bonchev–Trinajstić information content (AvgIpc) is 2.99. The van der Waals surface area contributed by atoms with Gasteiger partial charge in [0.2, 0.25) is 11.8 Å². The van der Waals surface area contributed by atoms with E-state index in [1.54, 1.807) is 30.7 Å². The van der Waals surface area contributed by atoms with Gasteiger partial charge in [-0.05, 0) is 17.7 Å². The Morgan fingerprint density at radius 3 is 2.86 bits per heavy atom. The summed E-state index contributed by atoms with van der Waals surface area (Å²) in [6.07, 6.45) is 5.94. The Balaban J connectivity index is 1.53. The number of ether oxygens (including phenoxy) is 1. The van der Waals surface area contributed by atoms with Crippen LogP contribution in [-0.2, 0) is 11.2 Å². The Morgan fingerprint density at radius 2 is 2.14 bits per heavy atom. The quantitative estimate of drug-likeness (QED) is 0.868. The van der Waals surface area contributed by atoms with E-state index in [1.165, 1.54) is 0 Å². The molecule has 1 saturated heterocycles. The maximum atomic E-state index is 12.3. The van der Waals surface area contributed by atoms with Gasteiger partial charge in [0.15, 0.2) is 0 Å². The topological polar surface area (TPSA) is 55.3 Å². The highest BCUT2D eigenvalue weighted by molar-refractivity contribution is 6.30. The largest absolute Gasteiger partial charge is 0.471 e. The summed E-state index contributed by atoms with van der Waals surface area (Å²) >= 11 is 5.85. The number of hydrogen-bond donors (Lipinski definition) is 0. The molecule has 6 heteroatoms. The lowest BCUT2D eigenvalue weighted by molar-refractivity contribution is -0.129. The van der Waals surface area contributed by atoms with Crippen LogP contribution >= 0.6 is 11.6 Å². The van der Waals surface area contributed by atoms with Crippen molar-refractivity contribution in [3.05, 3.63) is 53.4 Å². The Labute approximate surface area is 133 Å². The molecule has 1 fully saturated rings. The summed E-state index contributed by atoms with van der Waals surface area (Å²) in [5.41, 5.74) is 0.965. The molecule has 1 aromatic carbocycles. The van der Waals surface area contributed by atoms with Crippen LogP contribution in [0.3, 0.4) is 0 Å². The molecule has 114 valence electrons. The Bertz CT molecular complexity index is 634. The Kier molecular flexibility index (Phi) is 4.53. The van der Waals surface area contributed by atoms with Crippen molar-refractivity contribution >= 4 is 17.5 Å². The maximum Gasteiger partial charge on any atom is 0.232 e. The minimum Gasteiger partial charge on any atom is -0.471 e. The fourth-order valence-corrected chi connectivity index (χ4v) is 2.58. The van der Waals surface area contributed by atoms with Crippen LogP contribution in [0.5, 0.6) is 5.88 Å². The molecular weight excluding hydrogens is 302 g/mol. The van der Waals surface area contributed by atoms with Crippen LogP contribution in [0.1, 0.15) is 12.0 Å². The van der Waals surface area contributed by atoms with Gasteiger partial charge >= 0.3 is 0 Å². The van der Waals surface area contributed by atoms with Crippen LogP contribution in [0.4, 0.5) is 0 Å². The van der Waals surface area contributed by atoms with Gasteiger partial charge in [-0.1, -0.05) is 23.7 Å². The van der Waals surface area contributed by atoms with Crippen LogP contribution < -0.4 is 4.74 Å².